The molecule has 1 N–H and O–H groups in total. The van der Waals surface area contributed by atoms with Crippen molar-refractivity contribution >= 4 is 29.3 Å². The van der Waals surface area contributed by atoms with E-state index in [0.717, 1.165) is 24.3 Å². The Morgan fingerprint density at radius 2 is 1.89 bits per heavy atom. The van der Waals surface area contributed by atoms with Crippen LogP contribution in [0.1, 0.15) is 31.3 Å². The maximum absolute atomic E-state index is 12.4. The number of hydrogen-bond donors (Lipinski definition) is 1. The zero-order valence-corrected chi connectivity index (χ0v) is 15.8. The molecule has 1 aliphatic heterocycles. The van der Waals surface area contributed by atoms with Gasteiger partial charge in [0, 0.05) is 12.1 Å². The van der Waals surface area contributed by atoms with Crippen molar-refractivity contribution in [3.63, 3.8) is 0 Å². The number of nitrogens with one attached hydrogen (secondary N) is 1. The summed E-state index contributed by atoms with van der Waals surface area (Å²) in [5, 5.41) is 3.44. The lowest BCUT2D eigenvalue weighted by atomic mass is 10.3. The molecule has 0 radical (unpaired) electrons. The van der Waals surface area contributed by atoms with Crippen LogP contribution in [0, 0.1) is 0 Å². The van der Waals surface area contributed by atoms with Crippen LogP contribution in [0.3, 0.4) is 0 Å². The average Bonchev–Trinajstić information content (AvgIpc) is 3.32. The molecule has 0 unspecified atom stereocenters. The smallest absolute Gasteiger partial charge is 0.276 e. The molecule has 2 heterocycles. The van der Waals surface area contributed by atoms with Crippen LogP contribution in [0.2, 0.25) is 0 Å². The Bertz CT molecular complexity index is 884. The Balaban J connectivity index is 1.37. The first-order chi connectivity index (χ1) is 13.1. The summed E-state index contributed by atoms with van der Waals surface area (Å²) in [5.41, 5.74) is 0.445. The zero-order valence-electron chi connectivity index (χ0n) is 14.9. The molecule has 1 saturated heterocycles. The number of benzene rings is 1. The Kier molecular flexibility index (Phi) is 4.85. The summed E-state index contributed by atoms with van der Waals surface area (Å²) in [5.74, 6) is 2.70. The third-order valence-corrected chi connectivity index (χ3v) is 4.61. The van der Waals surface area contributed by atoms with Crippen LogP contribution < -0.4 is 14.8 Å². The second-order valence-electron chi connectivity index (χ2n) is 6.39. The lowest BCUT2D eigenvalue weighted by Crippen LogP contribution is -2.32. The molecule has 1 aromatic heterocycles. The minimum absolute atomic E-state index is 0.0916. The predicted molar refractivity (Wildman–Crippen MR) is 104 cm³/mol. The molecule has 7 heteroatoms. The zero-order chi connectivity index (χ0) is 18.8. The highest BCUT2D eigenvalue weighted by Gasteiger charge is 2.41. The predicted octanol–water partition coefficient (Wildman–Crippen LogP) is 3.48. The van der Waals surface area contributed by atoms with E-state index in [1.165, 1.54) is 0 Å². The minimum Gasteiger partial charge on any atom is -0.494 e. The van der Waals surface area contributed by atoms with E-state index in [9.17, 15) is 4.79 Å². The van der Waals surface area contributed by atoms with E-state index in [1.54, 1.807) is 11.0 Å². The first-order valence-corrected chi connectivity index (χ1v) is 9.35. The summed E-state index contributed by atoms with van der Waals surface area (Å²) in [6.45, 7) is 2.87. The summed E-state index contributed by atoms with van der Waals surface area (Å²) in [6.07, 6.45) is 3.70. The van der Waals surface area contributed by atoms with Crippen molar-refractivity contribution in [3.05, 3.63) is 53.6 Å². The van der Waals surface area contributed by atoms with Crippen molar-refractivity contribution < 1.29 is 18.7 Å². The molecule has 0 spiro atoms. The van der Waals surface area contributed by atoms with Gasteiger partial charge in [-0.15, -0.1) is 0 Å². The quantitative estimate of drug-likeness (QED) is 0.583. The SMILES string of the molecule is CCOc1ccc(OCc2ccc(/C=C3\NC(=S)N(C4CC4)C3=O)o2)cc1. The Morgan fingerprint density at radius 1 is 1.19 bits per heavy atom. The van der Waals surface area contributed by atoms with Crippen LogP contribution in [0.15, 0.2) is 46.5 Å². The Labute approximate surface area is 162 Å². The number of carbonyl (C=O) groups excluding carboxylic acids is 1. The molecular formula is C20H20N2O4S. The summed E-state index contributed by atoms with van der Waals surface area (Å²) < 4.78 is 16.9. The minimum atomic E-state index is -0.0916. The Hall–Kier alpha value is -2.80. The van der Waals surface area contributed by atoms with E-state index in [0.29, 0.717) is 35.5 Å². The van der Waals surface area contributed by atoms with Gasteiger partial charge in [-0.1, -0.05) is 0 Å². The van der Waals surface area contributed by atoms with Crippen molar-refractivity contribution in [2.75, 3.05) is 6.61 Å². The number of ether oxygens (including phenoxy) is 2. The molecule has 2 fully saturated rings. The van der Waals surface area contributed by atoms with Gasteiger partial charge in [0.05, 0.1) is 6.61 Å². The van der Waals surface area contributed by atoms with Crippen LogP contribution >= 0.6 is 12.2 Å². The number of hydrogen-bond acceptors (Lipinski definition) is 5. The fourth-order valence-corrected chi connectivity index (χ4v) is 3.20. The molecule has 0 atom stereocenters. The van der Waals surface area contributed by atoms with E-state index in [4.69, 9.17) is 26.1 Å². The highest BCUT2D eigenvalue weighted by Crippen LogP contribution is 2.31. The van der Waals surface area contributed by atoms with E-state index in [2.05, 4.69) is 5.32 Å². The third-order valence-electron chi connectivity index (χ3n) is 4.31. The van der Waals surface area contributed by atoms with E-state index >= 15 is 0 Å². The fraction of sp³-hybridized carbons (Fsp3) is 0.300. The topological polar surface area (TPSA) is 63.9 Å². The van der Waals surface area contributed by atoms with Crippen LogP contribution in [-0.2, 0) is 11.4 Å². The van der Waals surface area contributed by atoms with E-state index < -0.39 is 0 Å². The lowest BCUT2D eigenvalue weighted by molar-refractivity contribution is -0.122. The summed E-state index contributed by atoms with van der Waals surface area (Å²) in [7, 11) is 0. The largest absolute Gasteiger partial charge is 0.494 e. The lowest BCUT2D eigenvalue weighted by Gasteiger charge is -2.11. The van der Waals surface area contributed by atoms with Gasteiger partial charge in [-0.05, 0) is 68.4 Å². The summed E-state index contributed by atoms with van der Waals surface area (Å²) in [4.78, 5) is 14.1. The fourth-order valence-electron chi connectivity index (χ4n) is 2.86. The first-order valence-electron chi connectivity index (χ1n) is 8.94. The molecule has 1 amide bonds. The molecule has 1 saturated carbocycles. The highest BCUT2D eigenvalue weighted by molar-refractivity contribution is 7.80. The molecule has 0 bridgehead atoms. The summed E-state index contributed by atoms with van der Waals surface area (Å²) in [6, 6.07) is 11.3. The van der Waals surface area contributed by atoms with Gasteiger partial charge in [0.25, 0.3) is 5.91 Å². The highest BCUT2D eigenvalue weighted by atomic mass is 32.1. The second kappa shape index (κ2) is 7.44. The number of carbonyl (C=O) groups is 1. The van der Waals surface area contributed by atoms with Gasteiger partial charge < -0.3 is 19.2 Å². The summed E-state index contributed by atoms with van der Waals surface area (Å²) >= 11 is 5.25. The van der Waals surface area contributed by atoms with Crippen LogP contribution in [0.25, 0.3) is 6.08 Å². The molecule has 27 heavy (non-hydrogen) atoms. The Morgan fingerprint density at radius 3 is 2.56 bits per heavy atom. The maximum Gasteiger partial charge on any atom is 0.276 e. The van der Waals surface area contributed by atoms with Crippen LogP contribution in [-0.4, -0.2) is 28.6 Å². The molecule has 140 valence electrons. The number of thiocarbonyl (C=S) groups is 1. The normalized spacial score (nSPS) is 18.1. The van der Waals surface area contributed by atoms with Crippen LogP contribution in [0.4, 0.5) is 0 Å². The molecule has 1 aliphatic carbocycles. The molecule has 6 nitrogen and oxygen atoms in total. The molecule has 2 aromatic rings. The third kappa shape index (κ3) is 3.98. The van der Waals surface area contributed by atoms with Gasteiger partial charge in [0.2, 0.25) is 0 Å². The van der Waals surface area contributed by atoms with Crippen molar-refractivity contribution in [1.82, 2.24) is 10.2 Å². The van der Waals surface area contributed by atoms with Crippen molar-refractivity contribution in [1.29, 1.82) is 0 Å². The number of rotatable bonds is 7. The second-order valence-corrected chi connectivity index (χ2v) is 6.78. The average molecular weight is 384 g/mol. The molecule has 2 aliphatic rings. The van der Waals surface area contributed by atoms with E-state index in [-0.39, 0.29) is 11.9 Å². The first kappa shape index (κ1) is 17.6. The maximum atomic E-state index is 12.4. The van der Waals surface area contributed by atoms with Gasteiger partial charge in [0.1, 0.15) is 35.3 Å². The number of nitrogens with zero attached hydrogens (tertiary/aromatic N) is 1. The number of furan rings is 1. The van der Waals surface area contributed by atoms with Crippen molar-refractivity contribution in [2.24, 2.45) is 0 Å². The molecule has 1 aromatic carbocycles. The van der Waals surface area contributed by atoms with Gasteiger partial charge in [-0.25, -0.2) is 0 Å². The van der Waals surface area contributed by atoms with Crippen LogP contribution in [0.5, 0.6) is 11.5 Å². The number of amides is 1. The molecular weight excluding hydrogens is 364 g/mol. The van der Waals surface area contributed by atoms with Gasteiger partial charge in [0.15, 0.2) is 5.11 Å². The van der Waals surface area contributed by atoms with Gasteiger partial charge in [-0.2, -0.15) is 0 Å². The van der Waals surface area contributed by atoms with Gasteiger partial charge >= 0.3 is 0 Å². The van der Waals surface area contributed by atoms with Crippen molar-refractivity contribution in [3.8, 4) is 11.5 Å². The van der Waals surface area contributed by atoms with E-state index in [1.807, 2.05) is 43.3 Å². The van der Waals surface area contributed by atoms with Gasteiger partial charge in [-0.3, -0.25) is 9.69 Å². The monoisotopic (exact) mass is 384 g/mol. The standard InChI is InChI=1S/C20H20N2O4S/c1-2-24-14-5-7-15(8-6-14)25-12-17-10-9-16(26-17)11-18-19(23)22(13-3-4-13)20(27)21-18/h5-11,13H,2-4,12H2,1H3,(H,21,27)/b18-11-. The van der Waals surface area contributed by atoms with Crippen molar-refractivity contribution in [2.45, 2.75) is 32.4 Å². The molecule has 4 rings (SSSR count).